The van der Waals surface area contributed by atoms with Gasteiger partial charge in [0.25, 0.3) is 0 Å². The van der Waals surface area contributed by atoms with Gasteiger partial charge in [-0.15, -0.1) is 0 Å². The molecule has 22 heavy (non-hydrogen) atoms. The molecule has 5 rings (SSSR count). The highest BCUT2D eigenvalue weighted by atomic mass is 16.5. The van der Waals surface area contributed by atoms with E-state index in [2.05, 4.69) is 15.0 Å². The van der Waals surface area contributed by atoms with Gasteiger partial charge in [-0.1, -0.05) is 35.5 Å². The summed E-state index contributed by atoms with van der Waals surface area (Å²) in [7, 11) is 0. The Morgan fingerprint density at radius 3 is 2.59 bits per heavy atom. The lowest BCUT2D eigenvalue weighted by atomic mass is 9.79. The van der Waals surface area contributed by atoms with Crippen LogP contribution in [0.2, 0.25) is 0 Å². The highest BCUT2D eigenvalue weighted by Gasteiger charge is 2.39. The molecule has 1 N–H and O–H groups in total. The standard InChI is InChI=1S/C17H21N3O2/c1-17(21,13-5-3-2-4-6-13)16-18-15(22-19-16)14-11-20-9-7-12(14)8-10-20/h2-6,12,14,21H,7-11H2,1H3. The van der Waals surface area contributed by atoms with Crippen molar-refractivity contribution in [3.63, 3.8) is 0 Å². The average molecular weight is 299 g/mol. The van der Waals surface area contributed by atoms with E-state index in [1.165, 1.54) is 25.9 Å². The third-order valence-corrected chi connectivity index (χ3v) is 5.19. The van der Waals surface area contributed by atoms with E-state index in [0.717, 1.165) is 12.1 Å². The Labute approximate surface area is 130 Å². The Morgan fingerprint density at radius 2 is 1.95 bits per heavy atom. The van der Waals surface area contributed by atoms with Gasteiger partial charge in [0.1, 0.15) is 5.60 Å². The summed E-state index contributed by atoms with van der Waals surface area (Å²) in [5, 5.41) is 14.9. The summed E-state index contributed by atoms with van der Waals surface area (Å²) < 4.78 is 5.52. The Bertz CT molecular complexity index is 645. The number of piperidine rings is 3. The van der Waals surface area contributed by atoms with Crippen LogP contribution in [0.5, 0.6) is 0 Å². The van der Waals surface area contributed by atoms with E-state index in [4.69, 9.17) is 4.52 Å². The maximum atomic E-state index is 10.8. The molecule has 2 aromatic rings. The van der Waals surface area contributed by atoms with Gasteiger partial charge in [-0.2, -0.15) is 4.98 Å². The summed E-state index contributed by atoms with van der Waals surface area (Å²) in [4.78, 5) is 7.01. The molecule has 0 amide bonds. The topological polar surface area (TPSA) is 62.4 Å². The van der Waals surface area contributed by atoms with Crippen LogP contribution in [0.25, 0.3) is 0 Å². The van der Waals surface area contributed by atoms with Crippen LogP contribution in [-0.2, 0) is 5.60 Å². The number of rotatable bonds is 3. The second-order valence-corrected chi connectivity index (χ2v) is 6.64. The van der Waals surface area contributed by atoms with Gasteiger partial charge >= 0.3 is 0 Å². The third-order valence-electron chi connectivity index (χ3n) is 5.19. The first-order valence-electron chi connectivity index (χ1n) is 7.99. The van der Waals surface area contributed by atoms with Crippen molar-refractivity contribution < 1.29 is 9.63 Å². The van der Waals surface area contributed by atoms with Crippen molar-refractivity contribution in [1.29, 1.82) is 0 Å². The normalized spacial score (nSPS) is 30.2. The van der Waals surface area contributed by atoms with Crippen molar-refractivity contribution >= 4 is 0 Å². The van der Waals surface area contributed by atoms with Crippen LogP contribution in [-0.4, -0.2) is 39.8 Å². The van der Waals surface area contributed by atoms with Crippen LogP contribution in [0.1, 0.15) is 43.0 Å². The molecule has 0 radical (unpaired) electrons. The Morgan fingerprint density at radius 1 is 1.23 bits per heavy atom. The predicted molar refractivity (Wildman–Crippen MR) is 81.3 cm³/mol. The van der Waals surface area contributed by atoms with Gasteiger partial charge in [-0.25, -0.2) is 0 Å². The van der Waals surface area contributed by atoms with Crippen LogP contribution in [0.3, 0.4) is 0 Å². The summed E-state index contributed by atoms with van der Waals surface area (Å²) in [6, 6.07) is 9.49. The first-order valence-corrected chi connectivity index (χ1v) is 7.99. The molecule has 0 aliphatic carbocycles. The molecule has 116 valence electrons. The SMILES string of the molecule is CC(O)(c1ccccc1)c1noc(C2CN3CCC2CC3)n1. The Kier molecular flexibility index (Phi) is 3.27. The molecule has 3 saturated heterocycles. The van der Waals surface area contributed by atoms with E-state index in [1.54, 1.807) is 6.92 Å². The van der Waals surface area contributed by atoms with Crippen LogP contribution < -0.4 is 0 Å². The monoisotopic (exact) mass is 299 g/mol. The zero-order valence-corrected chi connectivity index (χ0v) is 12.8. The molecule has 3 fully saturated rings. The molecular formula is C17H21N3O2. The molecular weight excluding hydrogens is 278 g/mol. The second-order valence-electron chi connectivity index (χ2n) is 6.64. The van der Waals surface area contributed by atoms with Crippen LogP contribution in [0.15, 0.2) is 34.9 Å². The van der Waals surface area contributed by atoms with Crippen molar-refractivity contribution in [2.24, 2.45) is 5.92 Å². The fraction of sp³-hybridized carbons (Fsp3) is 0.529. The number of hydrogen-bond donors (Lipinski definition) is 1. The highest BCUT2D eigenvalue weighted by Crippen LogP contribution is 2.39. The summed E-state index contributed by atoms with van der Waals surface area (Å²) >= 11 is 0. The number of aliphatic hydroxyl groups is 1. The number of fused-ring (bicyclic) bond motifs is 3. The second kappa shape index (κ2) is 5.18. The lowest BCUT2D eigenvalue weighted by molar-refractivity contribution is 0.0725. The molecule has 0 saturated carbocycles. The van der Waals surface area contributed by atoms with Gasteiger partial charge in [-0.05, 0) is 44.3 Å². The summed E-state index contributed by atoms with van der Waals surface area (Å²) in [5.74, 6) is 1.99. The molecule has 3 aliphatic heterocycles. The number of nitrogens with zero attached hydrogens (tertiary/aromatic N) is 3. The maximum absolute atomic E-state index is 10.8. The van der Waals surface area contributed by atoms with Gasteiger partial charge < -0.3 is 14.5 Å². The van der Waals surface area contributed by atoms with E-state index < -0.39 is 5.60 Å². The lowest BCUT2D eigenvalue weighted by Crippen LogP contribution is -2.46. The smallest absolute Gasteiger partial charge is 0.231 e. The van der Waals surface area contributed by atoms with Gasteiger partial charge in [-0.3, -0.25) is 0 Å². The fourth-order valence-electron chi connectivity index (χ4n) is 3.72. The molecule has 2 bridgehead atoms. The zero-order valence-electron chi connectivity index (χ0n) is 12.8. The van der Waals surface area contributed by atoms with Gasteiger partial charge in [0.2, 0.25) is 11.7 Å². The molecule has 5 nitrogen and oxygen atoms in total. The number of aromatic nitrogens is 2. The fourth-order valence-corrected chi connectivity index (χ4v) is 3.72. The number of benzene rings is 1. The third kappa shape index (κ3) is 2.25. The minimum atomic E-state index is -1.23. The van der Waals surface area contributed by atoms with Crippen molar-refractivity contribution in [3.05, 3.63) is 47.6 Å². The first kappa shape index (κ1) is 13.9. The van der Waals surface area contributed by atoms with E-state index in [-0.39, 0.29) is 0 Å². The van der Waals surface area contributed by atoms with E-state index in [9.17, 15) is 5.11 Å². The summed E-state index contributed by atoms with van der Waals surface area (Å²) in [6.07, 6.45) is 2.41. The quantitative estimate of drug-likeness (QED) is 0.940. The molecule has 2 atom stereocenters. The van der Waals surface area contributed by atoms with E-state index in [1.807, 2.05) is 30.3 Å². The van der Waals surface area contributed by atoms with Gasteiger partial charge in [0.15, 0.2) is 0 Å². The summed E-state index contributed by atoms with van der Waals surface area (Å²) in [6.45, 7) is 5.08. The van der Waals surface area contributed by atoms with Crippen LogP contribution in [0.4, 0.5) is 0 Å². The molecule has 2 unspecified atom stereocenters. The van der Waals surface area contributed by atoms with E-state index >= 15 is 0 Å². The Balaban J connectivity index is 1.61. The molecule has 1 aromatic heterocycles. The molecule has 1 aromatic carbocycles. The predicted octanol–water partition coefficient (Wildman–Crippen LogP) is 2.13. The highest BCUT2D eigenvalue weighted by molar-refractivity contribution is 5.27. The van der Waals surface area contributed by atoms with Gasteiger partial charge in [0.05, 0.1) is 5.92 Å². The Hall–Kier alpha value is -1.72. The van der Waals surface area contributed by atoms with Crippen molar-refractivity contribution in [2.75, 3.05) is 19.6 Å². The molecule has 0 spiro atoms. The van der Waals surface area contributed by atoms with Crippen molar-refractivity contribution in [1.82, 2.24) is 15.0 Å². The average Bonchev–Trinajstić information content (AvgIpc) is 3.07. The van der Waals surface area contributed by atoms with Crippen molar-refractivity contribution in [3.8, 4) is 0 Å². The summed E-state index contributed by atoms with van der Waals surface area (Å²) in [5.41, 5.74) is -0.451. The molecule has 4 heterocycles. The van der Waals surface area contributed by atoms with Crippen LogP contribution in [0, 0.1) is 5.92 Å². The van der Waals surface area contributed by atoms with Gasteiger partial charge in [0, 0.05) is 6.54 Å². The first-order chi connectivity index (χ1) is 10.6. The zero-order chi connectivity index (χ0) is 15.2. The number of hydrogen-bond acceptors (Lipinski definition) is 5. The molecule has 3 aliphatic rings. The minimum absolute atomic E-state index is 0.315. The minimum Gasteiger partial charge on any atom is -0.377 e. The van der Waals surface area contributed by atoms with Crippen molar-refractivity contribution in [2.45, 2.75) is 31.3 Å². The lowest BCUT2D eigenvalue weighted by Gasteiger charge is -2.43. The molecule has 5 heteroatoms. The largest absolute Gasteiger partial charge is 0.377 e. The maximum Gasteiger partial charge on any atom is 0.231 e. The van der Waals surface area contributed by atoms with E-state index in [0.29, 0.717) is 23.6 Å². The van der Waals surface area contributed by atoms with Crippen LogP contribution >= 0.6 is 0 Å².